The van der Waals surface area contributed by atoms with E-state index in [9.17, 15) is 9.59 Å². The van der Waals surface area contributed by atoms with Gasteiger partial charge in [-0.25, -0.2) is 4.79 Å². The van der Waals surface area contributed by atoms with E-state index < -0.39 is 0 Å². The highest BCUT2D eigenvalue weighted by atomic mass is 16.5. The van der Waals surface area contributed by atoms with Gasteiger partial charge < -0.3 is 9.47 Å². The second kappa shape index (κ2) is 28.9. The summed E-state index contributed by atoms with van der Waals surface area (Å²) < 4.78 is 10.4. The summed E-state index contributed by atoms with van der Waals surface area (Å²) in [5.41, 5.74) is 0. The number of rotatable bonds is 27. The Morgan fingerprint density at radius 2 is 0.829 bits per heavy atom. The number of esters is 2. The fraction of sp³-hybridized carbons (Fsp3) is 0.871. The molecule has 0 aromatic heterocycles. The van der Waals surface area contributed by atoms with Crippen LogP contribution in [-0.2, 0) is 19.1 Å². The van der Waals surface area contributed by atoms with Crippen molar-refractivity contribution in [3.05, 3.63) is 12.2 Å². The van der Waals surface area contributed by atoms with E-state index >= 15 is 0 Å². The van der Waals surface area contributed by atoms with Crippen LogP contribution in [0.5, 0.6) is 0 Å². The molecule has 0 atom stereocenters. The highest BCUT2D eigenvalue weighted by molar-refractivity contribution is 5.83. The molecule has 0 aromatic carbocycles. The Bertz CT molecular complexity index is 486. The zero-order valence-corrected chi connectivity index (χ0v) is 23.5. The summed E-state index contributed by atoms with van der Waals surface area (Å²) in [4.78, 5) is 23.5. The van der Waals surface area contributed by atoms with Crippen molar-refractivity contribution in [2.45, 2.75) is 162 Å². The van der Waals surface area contributed by atoms with Crippen LogP contribution < -0.4 is 0 Å². The normalized spacial score (nSPS) is 11.3. The number of unbranched alkanes of at least 4 members (excludes halogenated alkanes) is 20. The quantitative estimate of drug-likeness (QED) is 0.0648. The van der Waals surface area contributed by atoms with E-state index in [0.29, 0.717) is 13.2 Å². The van der Waals surface area contributed by atoms with Crippen LogP contribution in [-0.4, -0.2) is 25.2 Å². The Kier molecular flexibility index (Phi) is 27.8. The number of hydrogen-bond acceptors (Lipinski definition) is 4. The summed E-state index contributed by atoms with van der Waals surface area (Å²) in [6.45, 7) is 5.45. The zero-order valence-electron chi connectivity index (χ0n) is 23.5. The molecule has 0 aliphatic rings. The molecule has 0 saturated carbocycles. The van der Waals surface area contributed by atoms with Crippen molar-refractivity contribution in [2.24, 2.45) is 0 Å². The molecule has 4 nitrogen and oxygen atoms in total. The number of carbonyl (C=O) groups excluding carboxylic acids is 2. The predicted molar refractivity (Wildman–Crippen MR) is 149 cm³/mol. The summed E-state index contributed by atoms with van der Waals surface area (Å²) in [6.07, 6.45) is 31.1. The molecule has 206 valence electrons. The van der Waals surface area contributed by atoms with E-state index in [4.69, 9.17) is 9.47 Å². The SMILES string of the molecule is CCCCCCCCCCCCCOC(=O)/C=C/CC(=O)OCCCCCCCCCCCCC. The lowest BCUT2D eigenvalue weighted by Gasteiger charge is -2.04. The highest BCUT2D eigenvalue weighted by Crippen LogP contribution is 2.12. The van der Waals surface area contributed by atoms with Gasteiger partial charge in [0.15, 0.2) is 0 Å². The summed E-state index contributed by atoms with van der Waals surface area (Å²) in [7, 11) is 0. The van der Waals surface area contributed by atoms with Crippen molar-refractivity contribution >= 4 is 11.9 Å². The Labute approximate surface area is 218 Å². The maximum absolute atomic E-state index is 11.8. The van der Waals surface area contributed by atoms with Crippen molar-refractivity contribution in [3.63, 3.8) is 0 Å². The summed E-state index contributed by atoms with van der Waals surface area (Å²) in [5, 5.41) is 0. The molecule has 0 bridgehead atoms. The van der Waals surface area contributed by atoms with Crippen molar-refractivity contribution in [3.8, 4) is 0 Å². The Morgan fingerprint density at radius 1 is 0.486 bits per heavy atom. The van der Waals surface area contributed by atoms with Crippen LogP contribution in [0.15, 0.2) is 12.2 Å². The van der Waals surface area contributed by atoms with Crippen LogP contribution in [0.1, 0.15) is 162 Å². The van der Waals surface area contributed by atoms with E-state index in [2.05, 4.69) is 13.8 Å². The van der Waals surface area contributed by atoms with Gasteiger partial charge >= 0.3 is 11.9 Å². The van der Waals surface area contributed by atoms with Gasteiger partial charge in [-0.2, -0.15) is 0 Å². The summed E-state index contributed by atoms with van der Waals surface area (Å²) >= 11 is 0. The average molecular weight is 495 g/mol. The van der Waals surface area contributed by atoms with Gasteiger partial charge in [0.1, 0.15) is 0 Å². The Morgan fingerprint density at radius 3 is 1.23 bits per heavy atom. The fourth-order valence-electron chi connectivity index (χ4n) is 4.25. The summed E-state index contributed by atoms with van der Waals surface area (Å²) in [5.74, 6) is -0.637. The maximum Gasteiger partial charge on any atom is 0.330 e. The minimum Gasteiger partial charge on any atom is -0.465 e. The molecular weight excluding hydrogens is 436 g/mol. The molecule has 0 N–H and O–H groups in total. The second-order valence-electron chi connectivity index (χ2n) is 10.1. The maximum atomic E-state index is 11.8. The molecule has 4 heteroatoms. The van der Waals surface area contributed by atoms with E-state index in [1.165, 1.54) is 122 Å². The molecule has 0 aliphatic heterocycles. The molecule has 0 unspecified atom stereocenters. The molecule has 0 saturated heterocycles. The standard InChI is InChI=1S/C31H58O4/c1-3-5-7-9-11-13-15-17-19-21-23-28-34-30(32)26-25-27-31(33)35-29-24-22-20-18-16-14-12-10-8-6-4-2/h25-26H,3-24,27-29H2,1-2H3/b26-25+. The van der Waals surface area contributed by atoms with E-state index in [1.54, 1.807) is 6.08 Å². The first kappa shape index (κ1) is 33.7. The van der Waals surface area contributed by atoms with Gasteiger partial charge in [-0.1, -0.05) is 148 Å². The first-order valence-corrected chi connectivity index (χ1v) is 15.2. The van der Waals surface area contributed by atoms with Gasteiger partial charge in [0.05, 0.1) is 19.6 Å². The molecule has 0 amide bonds. The lowest BCUT2D eigenvalue weighted by atomic mass is 10.1. The number of ether oxygens (including phenoxy) is 2. The van der Waals surface area contributed by atoms with Gasteiger partial charge in [0.25, 0.3) is 0 Å². The van der Waals surface area contributed by atoms with Crippen LogP contribution in [0.3, 0.4) is 0 Å². The molecule has 0 fully saturated rings. The molecule has 0 rings (SSSR count). The van der Waals surface area contributed by atoms with Gasteiger partial charge in [-0.15, -0.1) is 0 Å². The third-order valence-corrected chi connectivity index (χ3v) is 6.54. The van der Waals surface area contributed by atoms with Crippen LogP contribution in [0, 0.1) is 0 Å². The predicted octanol–water partition coefficient (Wildman–Crippen LogP) is 9.64. The molecule has 0 radical (unpaired) electrons. The molecule has 0 aliphatic carbocycles. The second-order valence-corrected chi connectivity index (χ2v) is 10.1. The average Bonchev–Trinajstić information content (AvgIpc) is 2.85. The van der Waals surface area contributed by atoms with Gasteiger partial charge in [-0.3, -0.25) is 4.79 Å². The first-order chi connectivity index (χ1) is 17.2. The minimum atomic E-state index is -0.366. The molecule has 35 heavy (non-hydrogen) atoms. The van der Waals surface area contributed by atoms with Crippen LogP contribution >= 0.6 is 0 Å². The molecule has 0 heterocycles. The highest BCUT2D eigenvalue weighted by Gasteiger charge is 2.02. The monoisotopic (exact) mass is 494 g/mol. The summed E-state index contributed by atoms with van der Waals surface area (Å²) in [6, 6.07) is 0. The van der Waals surface area contributed by atoms with Crippen molar-refractivity contribution in [2.75, 3.05) is 13.2 Å². The van der Waals surface area contributed by atoms with E-state index in [0.717, 1.165) is 25.7 Å². The Balaban J connectivity index is 3.37. The van der Waals surface area contributed by atoms with Crippen molar-refractivity contribution in [1.29, 1.82) is 0 Å². The first-order valence-electron chi connectivity index (χ1n) is 15.2. The van der Waals surface area contributed by atoms with Crippen LogP contribution in [0.25, 0.3) is 0 Å². The lowest BCUT2D eigenvalue weighted by Crippen LogP contribution is -2.06. The van der Waals surface area contributed by atoms with Crippen molar-refractivity contribution in [1.82, 2.24) is 0 Å². The fourth-order valence-corrected chi connectivity index (χ4v) is 4.25. The smallest absolute Gasteiger partial charge is 0.330 e. The van der Waals surface area contributed by atoms with Gasteiger partial charge in [-0.05, 0) is 12.8 Å². The lowest BCUT2D eigenvalue weighted by molar-refractivity contribution is -0.142. The molecular formula is C31H58O4. The minimum absolute atomic E-state index is 0.131. The van der Waals surface area contributed by atoms with Gasteiger partial charge in [0, 0.05) is 6.08 Å². The molecule has 0 spiro atoms. The van der Waals surface area contributed by atoms with Crippen LogP contribution in [0.4, 0.5) is 0 Å². The third kappa shape index (κ3) is 28.8. The van der Waals surface area contributed by atoms with Gasteiger partial charge in [0.2, 0.25) is 0 Å². The largest absolute Gasteiger partial charge is 0.465 e. The number of carbonyl (C=O) groups is 2. The zero-order chi connectivity index (χ0) is 25.7. The number of hydrogen-bond donors (Lipinski definition) is 0. The van der Waals surface area contributed by atoms with Crippen LogP contribution in [0.2, 0.25) is 0 Å². The van der Waals surface area contributed by atoms with E-state index in [1.807, 2.05) is 0 Å². The van der Waals surface area contributed by atoms with E-state index in [-0.39, 0.29) is 18.4 Å². The van der Waals surface area contributed by atoms with Crippen molar-refractivity contribution < 1.29 is 19.1 Å². The Hall–Kier alpha value is -1.32. The molecule has 0 aromatic rings. The topological polar surface area (TPSA) is 52.6 Å². The third-order valence-electron chi connectivity index (χ3n) is 6.54.